The average Bonchev–Trinajstić information content (AvgIpc) is 3.74. The molecule has 11 heteroatoms. The lowest BCUT2D eigenvalue weighted by molar-refractivity contribution is -0.122. The van der Waals surface area contributed by atoms with Crippen molar-refractivity contribution in [2.45, 2.75) is 49.6 Å². The zero-order valence-electron chi connectivity index (χ0n) is 24.0. The third-order valence-corrected chi connectivity index (χ3v) is 10.4. The van der Waals surface area contributed by atoms with Crippen LogP contribution in [-0.4, -0.2) is 54.4 Å². The van der Waals surface area contributed by atoms with Crippen LogP contribution in [0, 0.1) is 5.82 Å². The molecule has 0 amide bonds. The first-order valence-electron chi connectivity index (χ1n) is 14.7. The van der Waals surface area contributed by atoms with Gasteiger partial charge in [0.05, 0.1) is 16.6 Å². The van der Waals surface area contributed by atoms with E-state index < -0.39 is 21.9 Å². The topological polar surface area (TPSA) is 102 Å². The second-order valence-electron chi connectivity index (χ2n) is 11.2. The first-order chi connectivity index (χ1) is 21.3. The van der Waals surface area contributed by atoms with Gasteiger partial charge in [-0.2, -0.15) is 4.31 Å². The van der Waals surface area contributed by atoms with E-state index in [1.54, 1.807) is 0 Å². The molecule has 0 N–H and O–H groups in total. The van der Waals surface area contributed by atoms with Crippen LogP contribution in [0.4, 0.5) is 10.3 Å². The quantitative estimate of drug-likeness (QED) is 0.276. The van der Waals surface area contributed by atoms with Crippen molar-refractivity contribution >= 4 is 21.8 Å². The average molecular weight is 615 g/mol. The predicted octanol–water partition coefficient (Wildman–Crippen LogP) is 4.93. The normalized spacial score (nSPS) is 17.9. The molecule has 226 valence electrons. The number of halogens is 1. The number of sulfonamides is 1. The van der Waals surface area contributed by atoms with Crippen LogP contribution in [0.3, 0.4) is 0 Å². The van der Waals surface area contributed by atoms with Gasteiger partial charge in [0.25, 0.3) is 0 Å². The van der Waals surface area contributed by atoms with Crippen LogP contribution >= 0.6 is 0 Å². The minimum Gasteiger partial charge on any atom is -0.454 e. The number of rotatable bonds is 8. The highest BCUT2D eigenvalue weighted by Crippen LogP contribution is 2.36. The molecule has 1 aromatic heterocycles. The Morgan fingerprint density at radius 3 is 2.57 bits per heavy atom. The molecule has 4 aromatic rings. The van der Waals surface area contributed by atoms with E-state index in [1.165, 1.54) is 27.6 Å². The SMILES string of the molecule is O=C(CCc1cc(-c2ccc3c(c2)OCO3)nc(N2CCc3ccccc3C2)n1)[C@@H]1CCCN1S(=O)(=O)c1ccc(F)cc1. The highest BCUT2D eigenvalue weighted by atomic mass is 32.2. The first kappa shape index (κ1) is 28.4. The van der Waals surface area contributed by atoms with Gasteiger partial charge in [-0.05, 0) is 85.3 Å². The Balaban J connectivity index is 1.15. The molecule has 1 saturated heterocycles. The molecule has 44 heavy (non-hydrogen) atoms. The van der Waals surface area contributed by atoms with Crippen molar-refractivity contribution in [1.29, 1.82) is 0 Å². The van der Waals surface area contributed by atoms with Crippen molar-refractivity contribution in [3.63, 3.8) is 0 Å². The summed E-state index contributed by atoms with van der Waals surface area (Å²) in [4.78, 5) is 25.5. The summed E-state index contributed by atoms with van der Waals surface area (Å²) in [6, 6.07) is 19.9. The van der Waals surface area contributed by atoms with Crippen LogP contribution in [-0.2, 0) is 34.2 Å². The lowest BCUT2D eigenvalue weighted by atomic mass is 10.0. The van der Waals surface area contributed by atoms with Gasteiger partial charge in [0.1, 0.15) is 5.82 Å². The number of nitrogens with zero attached hydrogens (tertiary/aromatic N) is 4. The Kier molecular flexibility index (Phi) is 7.51. The summed E-state index contributed by atoms with van der Waals surface area (Å²) in [6.45, 7) is 1.86. The molecule has 0 spiro atoms. The Morgan fingerprint density at radius 2 is 1.73 bits per heavy atom. The van der Waals surface area contributed by atoms with Gasteiger partial charge >= 0.3 is 0 Å². The first-order valence-corrected chi connectivity index (χ1v) is 16.2. The highest BCUT2D eigenvalue weighted by molar-refractivity contribution is 7.89. The number of ketones is 1. The fourth-order valence-corrected chi connectivity index (χ4v) is 7.81. The number of hydrogen-bond acceptors (Lipinski definition) is 8. The molecule has 0 bridgehead atoms. The molecular weight excluding hydrogens is 583 g/mol. The standard InChI is InChI=1S/C33H31FN4O5S/c34-25-8-11-27(12-9-25)44(40,41)38-16-3-6-29(38)30(39)13-10-26-19-28(23-7-14-31-32(18-23)43-21-42-31)36-33(35-26)37-17-15-22-4-1-2-5-24(22)20-37/h1-2,4-5,7-9,11-12,14,18-19,29H,3,6,10,13,15-17,20-21H2/t29-/m0/s1. The fraction of sp³-hybridized carbons (Fsp3) is 0.303. The molecule has 4 heterocycles. The maximum absolute atomic E-state index is 13.5. The smallest absolute Gasteiger partial charge is 0.243 e. The van der Waals surface area contributed by atoms with E-state index in [9.17, 15) is 17.6 Å². The van der Waals surface area contributed by atoms with E-state index in [2.05, 4.69) is 23.1 Å². The lowest BCUT2D eigenvalue weighted by Gasteiger charge is -2.29. The second-order valence-corrected chi connectivity index (χ2v) is 13.1. The van der Waals surface area contributed by atoms with E-state index in [0.717, 1.165) is 30.7 Å². The molecule has 0 unspecified atom stereocenters. The fourth-order valence-electron chi connectivity index (χ4n) is 6.13. The molecule has 7 rings (SSSR count). The summed E-state index contributed by atoms with van der Waals surface area (Å²) in [6.07, 6.45) is 2.36. The highest BCUT2D eigenvalue weighted by Gasteiger charge is 2.39. The number of fused-ring (bicyclic) bond motifs is 2. The van der Waals surface area contributed by atoms with Gasteiger partial charge in [0.15, 0.2) is 17.3 Å². The monoisotopic (exact) mass is 614 g/mol. The molecule has 0 saturated carbocycles. The summed E-state index contributed by atoms with van der Waals surface area (Å²) < 4.78 is 52.4. The van der Waals surface area contributed by atoms with Crippen molar-refractivity contribution < 1.29 is 27.1 Å². The number of aryl methyl sites for hydroxylation is 1. The number of anilines is 1. The molecule has 0 radical (unpaired) electrons. The number of ether oxygens (including phenoxy) is 2. The van der Waals surface area contributed by atoms with Crippen LogP contribution in [0.2, 0.25) is 0 Å². The number of Topliss-reactive ketones (excluding diaryl/α,β-unsaturated/α-hetero) is 1. The Hall–Kier alpha value is -4.35. The molecule has 3 aliphatic heterocycles. The van der Waals surface area contributed by atoms with Crippen LogP contribution in [0.5, 0.6) is 11.5 Å². The van der Waals surface area contributed by atoms with E-state index in [1.807, 2.05) is 30.3 Å². The van der Waals surface area contributed by atoms with E-state index in [0.29, 0.717) is 54.6 Å². The molecule has 3 aliphatic rings. The largest absolute Gasteiger partial charge is 0.454 e. The third kappa shape index (κ3) is 5.53. The number of aromatic nitrogens is 2. The molecule has 3 aromatic carbocycles. The van der Waals surface area contributed by atoms with E-state index in [-0.39, 0.29) is 30.4 Å². The lowest BCUT2D eigenvalue weighted by Crippen LogP contribution is -2.40. The summed E-state index contributed by atoms with van der Waals surface area (Å²) in [5.74, 6) is 1.23. The van der Waals surface area contributed by atoms with Gasteiger partial charge in [0.2, 0.25) is 22.8 Å². The maximum Gasteiger partial charge on any atom is 0.243 e. The Morgan fingerprint density at radius 1 is 0.932 bits per heavy atom. The maximum atomic E-state index is 13.5. The second kappa shape index (κ2) is 11.6. The van der Waals surface area contributed by atoms with Crippen molar-refractivity contribution in [3.05, 3.63) is 95.4 Å². The third-order valence-electron chi connectivity index (χ3n) is 8.47. The summed E-state index contributed by atoms with van der Waals surface area (Å²) in [5, 5.41) is 0. The number of carbonyl (C=O) groups is 1. The Labute approximate surface area is 255 Å². The minimum absolute atomic E-state index is 0.0180. The molecule has 1 fully saturated rings. The van der Waals surface area contributed by atoms with Gasteiger partial charge < -0.3 is 14.4 Å². The van der Waals surface area contributed by atoms with Crippen LogP contribution in [0.25, 0.3) is 11.3 Å². The van der Waals surface area contributed by atoms with Crippen molar-refractivity contribution in [1.82, 2.24) is 14.3 Å². The van der Waals surface area contributed by atoms with Crippen molar-refractivity contribution in [2.24, 2.45) is 0 Å². The van der Waals surface area contributed by atoms with Gasteiger partial charge in [0, 0.05) is 37.3 Å². The van der Waals surface area contributed by atoms with Crippen LogP contribution < -0.4 is 14.4 Å². The van der Waals surface area contributed by atoms with Crippen molar-refractivity contribution in [2.75, 3.05) is 24.8 Å². The van der Waals surface area contributed by atoms with Gasteiger partial charge in [-0.15, -0.1) is 0 Å². The molecular formula is C33H31FN4O5S. The van der Waals surface area contributed by atoms with Crippen LogP contribution in [0.1, 0.15) is 36.1 Å². The molecule has 1 atom stereocenters. The summed E-state index contributed by atoms with van der Waals surface area (Å²) in [5.41, 5.74) is 4.79. The van der Waals surface area contributed by atoms with Gasteiger partial charge in [-0.3, -0.25) is 4.79 Å². The van der Waals surface area contributed by atoms with E-state index >= 15 is 0 Å². The van der Waals surface area contributed by atoms with Crippen LogP contribution in [0.15, 0.2) is 77.7 Å². The molecule has 0 aliphatic carbocycles. The zero-order valence-corrected chi connectivity index (χ0v) is 24.8. The van der Waals surface area contributed by atoms with Gasteiger partial charge in [-0.25, -0.2) is 22.8 Å². The van der Waals surface area contributed by atoms with E-state index in [4.69, 9.17) is 19.4 Å². The van der Waals surface area contributed by atoms with Crippen molar-refractivity contribution in [3.8, 4) is 22.8 Å². The number of carbonyl (C=O) groups excluding carboxylic acids is 1. The summed E-state index contributed by atoms with van der Waals surface area (Å²) >= 11 is 0. The van der Waals surface area contributed by atoms with Gasteiger partial charge in [-0.1, -0.05) is 24.3 Å². The molecule has 9 nitrogen and oxygen atoms in total. The minimum atomic E-state index is -3.93. The predicted molar refractivity (Wildman–Crippen MR) is 161 cm³/mol. The Bertz CT molecular complexity index is 1830. The number of benzene rings is 3. The summed E-state index contributed by atoms with van der Waals surface area (Å²) in [7, 11) is -3.93. The zero-order chi connectivity index (χ0) is 30.3. The number of hydrogen-bond donors (Lipinski definition) is 0.